The zero-order valence-electron chi connectivity index (χ0n) is 8.92. The third-order valence-electron chi connectivity index (χ3n) is 2.50. The van der Waals surface area contributed by atoms with Crippen LogP contribution in [0.1, 0.15) is 29.8 Å². The van der Waals surface area contributed by atoms with Crippen LogP contribution in [-0.4, -0.2) is 27.9 Å². The smallest absolute Gasteiger partial charge is 0.354 e. The topological polar surface area (TPSA) is 87.6 Å². The highest BCUT2D eigenvalue weighted by molar-refractivity contribution is 6.16. The van der Waals surface area contributed by atoms with Crippen molar-refractivity contribution in [1.82, 2.24) is 4.98 Å². The monoisotopic (exact) mass is 234 g/mol. The van der Waals surface area contributed by atoms with E-state index in [1.165, 1.54) is 18.3 Å². The van der Waals surface area contributed by atoms with Crippen molar-refractivity contribution in [3.05, 3.63) is 24.0 Å². The van der Waals surface area contributed by atoms with Crippen molar-refractivity contribution in [2.75, 3.05) is 4.90 Å². The van der Waals surface area contributed by atoms with Gasteiger partial charge in [0.2, 0.25) is 11.8 Å². The van der Waals surface area contributed by atoms with E-state index in [0.717, 1.165) is 4.90 Å². The van der Waals surface area contributed by atoms with E-state index in [1.807, 2.05) is 0 Å². The van der Waals surface area contributed by atoms with E-state index in [1.54, 1.807) is 0 Å². The minimum absolute atomic E-state index is 0.186. The maximum absolute atomic E-state index is 11.6. The lowest BCUT2D eigenvalue weighted by atomic mass is 10.1. The van der Waals surface area contributed by atoms with E-state index < -0.39 is 5.97 Å². The van der Waals surface area contributed by atoms with Crippen molar-refractivity contribution < 1.29 is 19.5 Å². The predicted molar refractivity (Wildman–Crippen MR) is 57.5 cm³/mol. The fourth-order valence-corrected chi connectivity index (χ4v) is 1.72. The Bertz CT molecular complexity index is 482. The molecule has 1 aliphatic rings. The largest absolute Gasteiger partial charge is 0.477 e. The quantitative estimate of drug-likeness (QED) is 0.765. The summed E-state index contributed by atoms with van der Waals surface area (Å²) in [6.45, 7) is 0. The second kappa shape index (κ2) is 4.32. The molecule has 0 unspecified atom stereocenters. The van der Waals surface area contributed by atoms with Crippen LogP contribution in [0.2, 0.25) is 0 Å². The van der Waals surface area contributed by atoms with Crippen LogP contribution in [-0.2, 0) is 9.59 Å². The normalized spacial score (nSPS) is 16.1. The van der Waals surface area contributed by atoms with Crippen molar-refractivity contribution >= 4 is 23.5 Å². The number of hydrogen-bond donors (Lipinski definition) is 1. The third-order valence-corrected chi connectivity index (χ3v) is 2.50. The Labute approximate surface area is 96.9 Å². The first-order valence-electron chi connectivity index (χ1n) is 5.15. The molecular weight excluding hydrogens is 224 g/mol. The van der Waals surface area contributed by atoms with Crippen molar-refractivity contribution in [1.29, 1.82) is 0 Å². The minimum Gasteiger partial charge on any atom is -0.477 e. The molecule has 0 bridgehead atoms. The molecule has 0 radical (unpaired) electrons. The third kappa shape index (κ3) is 2.15. The number of amides is 2. The summed E-state index contributed by atoms with van der Waals surface area (Å²) in [4.78, 5) is 38.7. The van der Waals surface area contributed by atoms with E-state index in [9.17, 15) is 14.4 Å². The zero-order chi connectivity index (χ0) is 12.4. The van der Waals surface area contributed by atoms with Gasteiger partial charge in [0.05, 0.1) is 5.69 Å². The fourth-order valence-electron chi connectivity index (χ4n) is 1.72. The summed E-state index contributed by atoms with van der Waals surface area (Å²) in [6, 6.07) is 2.68. The first-order chi connectivity index (χ1) is 8.09. The molecular formula is C11H10N2O4. The Kier molecular flexibility index (Phi) is 2.86. The standard InChI is InChI=1S/C11H10N2O4/c14-9-2-1-3-10(15)13(9)7-4-5-12-8(6-7)11(16)17/h4-6H,1-3H2,(H,16,17). The maximum atomic E-state index is 11.6. The van der Waals surface area contributed by atoms with Crippen molar-refractivity contribution in [2.45, 2.75) is 19.3 Å². The highest BCUT2D eigenvalue weighted by atomic mass is 16.4. The van der Waals surface area contributed by atoms with E-state index in [0.29, 0.717) is 19.3 Å². The summed E-state index contributed by atoms with van der Waals surface area (Å²) in [7, 11) is 0. The number of aromatic nitrogens is 1. The van der Waals surface area contributed by atoms with Gasteiger partial charge in [0.25, 0.3) is 0 Å². The van der Waals surface area contributed by atoms with Gasteiger partial charge < -0.3 is 5.11 Å². The van der Waals surface area contributed by atoms with Crippen molar-refractivity contribution in [3.63, 3.8) is 0 Å². The Morgan fingerprint density at radius 1 is 1.29 bits per heavy atom. The molecule has 0 saturated carbocycles. The summed E-state index contributed by atoms with van der Waals surface area (Å²) in [6.07, 6.45) is 2.42. The number of rotatable bonds is 2. The van der Waals surface area contributed by atoms with Gasteiger partial charge in [0.1, 0.15) is 5.69 Å². The number of imide groups is 1. The SMILES string of the molecule is O=C(O)c1cc(N2C(=O)CCCC2=O)ccn1. The van der Waals surface area contributed by atoms with Crippen LogP contribution in [0.15, 0.2) is 18.3 Å². The molecule has 1 aliphatic heterocycles. The minimum atomic E-state index is -1.19. The molecule has 2 rings (SSSR count). The number of carbonyl (C=O) groups excluding carboxylic acids is 2. The summed E-state index contributed by atoms with van der Waals surface area (Å²) in [5, 5.41) is 8.79. The zero-order valence-corrected chi connectivity index (χ0v) is 8.92. The molecule has 88 valence electrons. The van der Waals surface area contributed by atoms with Crippen LogP contribution >= 0.6 is 0 Å². The van der Waals surface area contributed by atoms with Crippen LogP contribution in [0.25, 0.3) is 0 Å². The molecule has 1 aromatic heterocycles. The van der Waals surface area contributed by atoms with Gasteiger partial charge >= 0.3 is 5.97 Å². The van der Waals surface area contributed by atoms with Crippen molar-refractivity contribution in [2.24, 2.45) is 0 Å². The van der Waals surface area contributed by atoms with Gasteiger partial charge in [-0.25, -0.2) is 9.78 Å². The van der Waals surface area contributed by atoms with Gasteiger partial charge in [-0.05, 0) is 18.6 Å². The summed E-state index contributed by atoms with van der Waals surface area (Å²) >= 11 is 0. The molecule has 17 heavy (non-hydrogen) atoms. The maximum Gasteiger partial charge on any atom is 0.354 e. The lowest BCUT2D eigenvalue weighted by Crippen LogP contribution is -2.40. The van der Waals surface area contributed by atoms with Crippen LogP contribution in [0.4, 0.5) is 5.69 Å². The number of piperidine rings is 1. The van der Waals surface area contributed by atoms with Gasteiger partial charge in [-0.15, -0.1) is 0 Å². The Morgan fingerprint density at radius 3 is 2.53 bits per heavy atom. The van der Waals surface area contributed by atoms with Crippen LogP contribution in [0.3, 0.4) is 0 Å². The summed E-state index contributed by atoms with van der Waals surface area (Å²) < 4.78 is 0. The number of carboxylic acids is 1. The van der Waals surface area contributed by atoms with Crippen LogP contribution < -0.4 is 4.90 Å². The Morgan fingerprint density at radius 2 is 1.94 bits per heavy atom. The van der Waals surface area contributed by atoms with Gasteiger partial charge in [-0.1, -0.05) is 0 Å². The summed E-state index contributed by atoms with van der Waals surface area (Å²) in [5.74, 6) is -1.80. The highest BCUT2D eigenvalue weighted by Crippen LogP contribution is 2.21. The van der Waals surface area contributed by atoms with Crippen LogP contribution in [0, 0.1) is 0 Å². The molecule has 1 N–H and O–H groups in total. The number of hydrogen-bond acceptors (Lipinski definition) is 4. The Hall–Kier alpha value is -2.24. The van der Waals surface area contributed by atoms with E-state index in [2.05, 4.69) is 4.98 Å². The van der Waals surface area contributed by atoms with E-state index in [4.69, 9.17) is 5.11 Å². The van der Waals surface area contributed by atoms with E-state index in [-0.39, 0.29) is 23.2 Å². The molecule has 6 nitrogen and oxygen atoms in total. The van der Waals surface area contributed by atoms with Gasteiger partial charge in [-0.3, -0.25) is 14.5 Å². The lowest BCUT2D eigenvalue weighted by Gasteiger charge is -2.24. The predicted octanol–water partition coefficient (Wildman–Crippen LogP) is 0.823. The average Bonchev–Trinajstić information content (AvgIpc) is 2.29. The number of carboxylic acid groups (broad SMARTS) is 1. The number of nitrogens with zero attached hydrogens (tertiary/aromatic N) is 2. The first kappa shape index (κ1) is 11.3. The molecule has 0 aromatic carbocycles. The van der Waals surface area contributed by atoms with Crippen molar-refractivity contribution in [3.8, 4) is 0 Å². The molecule has 2 heterocycles. The molecule has 1 saturated heterocycles. The van der Waals surface area contributed by atoms with Gasteiger partial charge in [-0.2, -0.15) is 0 Å². The molecule has 2 amide bonds. The molecule has 0 aliphatic carbocycles. The molecule has 0 atom stereocenters. The van der Waals surface area contributed by atoms with Crippen LogP contribution in [0.5, 0.6) is 0 Å². The molecule has 1 fully saturated rings. The Balaban J connectivity index is 2.38. The number of pyridine rings is 1. The second-order valence-corrected chi connectivity index (χ2v) is 3.68. The van der Waals surface area contributed by atoms with Gasteiger partial charge in [0.15, 0.2) is 0 Å². The number of anilines is 1. The van der Waals surface area contributed by atoms with Gasteiger partial charge in [0, 0.05) is 19.0 Å². The number of carbonyl (C=O) groups is 3. The highest BCUT2D eigenvalue weighted by Gasteiger charge is 2.27. The summed E-state index contributed by atoms with van der Waals surface area (Å²) in [5.41, 5.74) is 0.0840. The molecule has 6 heteroatoms. The molecule has 1 aromatic rings. The fraction of sp³-hybridized carbons (Fsp3) is 0.273. The van der Waals surface area contributed by atoms with E-state index >= 15 is 0 Å². The lowest BCUT2D eigenvalue weighted by molar-refractivity contribution is -0.129. The average molecular weight is 234 g/mol. The molecule has 0 spiro atoms. The number of aromatic carboxylic acids is 1. The second-order valence-electron chi connectivity index (χ2n) is 3.68. The first-order valence-corrected chi connectivity index (χ1v) is 5.15.